The number of hydrogen-bond donors (Lipinski definition) is 0. The van der Waals surface area contributed by atoms with Gasteiger partial charge >= 0.3 is 0 Å². The molecule has 0 saturated heterocycles. The third-order valence-electron chi connectivity index (χ3n) is 2.62. The Morgan fingerprint density at radius 1 is 1.12 bits per heavy atom. The second-order valence-corrected chi connectivity index (χ2v) is 3.70. The Hall–Kier alpha value is -2.08. The van der Waals surface area contributed by atoms with Gasteiger partial charge in [0.15, 0.2) is 0 Å². The molecule has 2 rings (SSSR count). The van der Waals surface area contributed by atoms with Crippen molar-refractivity contribution in [3.8, 4) is 11.8 Å². The lowest BCUT2D eigenvalue weighted by Gasteiger charge is -2.11. The van der Waals surface area contributed by atoms with Crippen LogP contribution < -0.4 is 0 Å². The normalized spacial score (nSPS) is 10.1. The first-order valence-electron chi connectivity index (χ1n) is 4.99. The van der Waals surface area contributed by atoms with Gasteiger partial charge in [-0.3, -0.25) is 0 Å². The molecule has 1 heterocycles. The second kappa shape index (κ2) is 3.82. The van der Waals surface area contributed by atoms with Crippen LogP contribution in [0.5, 0.6) is 0 Å². The summed E-state index contributed by atoms with van der Waals surface area (Å²) < 4.78 is 15.3. The van der Waals surface area contributed by atoms with Gasteiger partial charge in [-0.15, -0.1) is 0 Å². The van der Waals surface area contributed by atoms with Crippen molar-refractivity contribution < 1.29 is 4.39 Å². The fraction of sp³-hybridized carbons (Fsp3) is 0.154. The molecule has 0 saturated carbocycles. The zero-order valence-electron chi connectivity index (χ0n) is 9.16. The Bertz CT molecular complexity index is 557. The molecule has 2 nitrogen and oxygen atoms in total. The predicted molar refractivity (Wildman–Crippen MR) is 59.9 cm³/mol. The van der Waals surface area contributed by atoms with Gasteiger partial charge in [-0.05, 0) is 38.1 Å². The number of nitriles is 1. The molecule has 0 bridgehead atoms. The Balaban J connectivity index is 2.75. The van der Waals surface area contributed by atoms with E-state index >= 15 is 0 Å². The molecule has 1 aromatic heterocycles. The molecular formula is C13H11FN2. The molecule has 3 heteroatoms. The zero-order chi connectivity index (χ0) is 11.7. The topological polar surface area (TPSA) is 28.7 Å². The van der Waals surface area contributed by atoms with Gasteiger partial charge in [0.1, 0.15) is 17.4 Å². The number of aromatic nitrogens is 1. The minimum atomic E-state index is -0.479. The highest BCUT2D eigenvalue weighted by Crippen LogP contribution is 2.21. The van der Waals surface area contributed by atoms with Crippen LogP contribution in [0.4, 0.5) is 4.39 Å². The van der Waals surface area contributed by atoms with Crippen molar-refractivity contribution in [2.45, 2.75) is 13.8 Å². The summed E-state index contributed by atoms with van der Waals surface area (Å²) in [4.78, 5) is 0. The molecule has 0 aliphatic rings. The van der Waals surface area contributed by atoms with Crippen LogP contribution in [0.15, 0.2) is 30.3 Å². The number of nitrogens with zero attached hydrogens (tertiary/aromatic N) is 2. The molecule has 0 aliphatic carbocycles. The van der Waals surface area contributed by atoms with Crippen molar-refractivity contribution in [1.82, 2.24) is 4.57 Å². The third kappa shape index (κ3) is 1.49. The fourth-order valence-electron chi connectivity index (χ4n) is 1.86. The number of rotatable bonds is 1. The lowest BCUT2D eigenvalue weighted by molar-refractivity contribution is 0.622. The average Bonchev–Trinajstić information content (AvgIpc) is 2.58. The highest BCUT2D eigenvalue weighted by atomic mass is 19.1. The van der Waals surface area contributed by atoms with E-state index in [0.717, 1.165) is 11.4 Å². The maximum Gasteiger partial charge on any atom is 0.143 e. The lowest BCUT2D eigenvalue weighted by Crippen LogP contribution is -2.02. The number of benzene rings is 1. The minimum absolute atomic E-state index is 0.0879. The van der Waals surface area contributed by atoms with Crippen molar-refractivity contribution in [3.05, 3.63) is 53.1 Å². The molecule has 0 aliphatic heterocycles. The maximum absolute atomic E-state index is 13.5. The Morgan fingerprint density at radius 2 is 1.75 bits per heavy atom. The SMILES string of the molecule is Cc1ccc(C)n1-c1cccc(F)c1C#N. The van der Waals surface area contributed by atoms with Crippen molar-refractivity contribution in [2.75, 3.05) is 0 Å². The van der Waals surface area contributed by atoms with E-state index in [2.05, 4.69) is 0 Å². The molecule has 0 unspecified atom stereocenters. The fourth-order valence-corrected chi connectivity index (χ4v) is 1.86. The molecule has 0 radical (unpaired) electrons. The zero-order valence-corrected chi connectivity index (χ0v) is 9.16. The summed E-state index contributed by atoms with van der Waals surface area (Å²) in [5.41, 5.74) is 2.66. The first-order valence-corrected chi connectivity index (χ1v) is 4.99. The van der Waals surface area contributed by atoms with E-state index in [0.29, 0.717) is 5.69 Å². The minimum Gasteiger partial charge on any atom is -0.317 e. The molecule has 1 aromatic carbocycles. The van der Waals surface area contributed by atoms with Crippen LogP contribution in [0, 0.1) is 31.0 Å². The van der Waals surface area contributed by atoms with Crippen LogP contribution in [-0.4, -0.2) is 4.57 Å². The number of hydrogen-bond acceptors (Lipinski definition) is 1. The van der Waals surface area contributed by atoms with Crippen LogP contribution in [0.25, 0.3) is 5.69 Å². The standard InChI is InChI=1S/C13H11FN2/c1-9-6-7-10(2)16(9)13-5-3-4-12(14)11(13)8-15/h3-7H,1-2H3. The first-order chi connectivity index (χ1) is 7.65. The molecule has 80 valence electrons. The van der Waals surface area contributed by atoms with Crippen LogP contribution in [0.1, 0.15) is 17.0 Å². The van der Waals surface area contributed by atoms with Gasteiger partial charge in [0, 0.05) is 11.4 Å². The molecule has 0 N–H and O–H groups in total. The number of aryl methyl sites for hydroxylation is 2. The quantitative estimate of drug-likeness (QED) is 0.717. The highest BCUT2D eigenvalue weighted by molar-refractivity contribution is 5.51. The summed E-state index contributed by atoms with van der Waals surface area (Å²) in [7, 11) is 0. The van der Waals surface area contributed by atoms with E-state index in [1.807, 2.05) is 36.6 Å². The van der Waals surface area contributed by atoms with Crippen molar-refractivity contribution in [2.24, 2.45) is 0 Å². The molecule has 0 atom stereocenters. The van der Waals surface area contributed by atoms with E-state index in [1.165, 1.54) is 6.07 Å². The summed E-state index contributed by atoms with van der Waals surface area (Å²) in [6, 6.07) is 10.5. The van der Waals surface area contributed by atoms with Gasteiger partial charge in [-0.2, -0.15) is 5.26 Å². The van der Waals surface area contributed by atoms with E-state index in [9.17, 15) is 4.39 Å². The molecule has 0 spiro atoms. The highest BCUT2D eigenvalue weighted by Gasteiger charge is 2.12. The predicted octanol–water partition coefficient (Wildman–Crippen LogP) is 3.10. The van der Waals surface area contributed by atoms with E-state index in [1.54, 1.807) is 12.1 Å². The van der Waals surface area contributed by atoms with E-state index in [-0.39, 0.29) is 5.56 Å². The van der Waals surface area contributed by atoms with Crippen molar-refractivity contribution in [1.29, 1.82) is 5.26 Å². The van der Waals surface area contributed by atoms with Gasteiger partial charge < -0.3 is 4.57 Å². The van der Waals surface area contributed by atoms with E-state index in [4.69, 9.17) is 5.26 Å². The molecule has 2 aromatic rings. The monoisotopic (exact) mass is 214 g/mol. The third-order valence-corrected chi connectivity index (χ3v) is 2.62. The van der Waals surface area contributed by atoms with Gasteiger partial charge in [-0.25, -0.2) is 4.39 Å². The van der Waals surface area contributed by atoms with Crippen molar-refractivity contribution >= 4 is 0 Å². The smallest absolute Gasteiger partial charge is 0.143 e. The Kier molecular flexibility index (Phi) is 2.49. The lowest BCUT2D eigenvalue weighted by atomic mass is 10.1. The number of halogens is 1. The molecule has 16 heavy (non-hydrogen) atoms. The summed E-state index contributed by atoms with van der Waals surface area (Å²) in [6.07, 6.45) is 0. The largest absolute Gasteiger partial charge is 0.317 e. The van der Waals surface area contributed by atoms with Crippen molar-refractivity contribution in [3.63, 3.8) is 0 Å². The maximum atomic E-state index is 13.5. The van der Waals surface area contributed by atoms with Crippen LogP contribution in [0.3, 0.4) is 0 Å². The van der Waals surface area contributed by atoms with Crippen LogP contribution in [0.2, 0.25) is 0 Å². The Labute approximate surface area is 93.6 Å². The first kappa shape index (κ1) is 10.4. The summed E-state index contributed by atoms with van der Waals surface area (Å²) in [5.74, 6) is -0.479. The van der Waals surface area contributed by atoms with Crippen LogP contribution in [-0.2, 0) is 0 Å². The van der Waals surface area contributed by atoms with E-state index < -0.39 is 5.82 Å². The van der Waals surface area contributed by atoms with Crippen LogP contribution >= 0.6 is 0 Å². The molecule has 0 fully saturated rings. The molecular weight excluding hydrogens is 203 g/mol. The van der Waals surface area contributed by atoms with Gasteiger partial charge in [0.25, 0.3) is 0 Å². The summed E-state index contributed by atoms with van der Waals surface area (Å²) in [5, 5.41) is 8.98. The van der Waals surface area contributed by atoms with Gasteiger partial charge in [-0.1, -0.05) is 6.07 Å². The second-order valence-electron chi connectivity index (χ2n) is 3.70. The molecule has 0 amide bonds. The Morgan fingerprint density at radius 3 is 2.31 bits per heavy atom. The van der Waals surface area contributed by atoms with Gasteiger partial charge in [0.2, 0.25) is 0 Å². The summed E-state index contributed by atoms with van der Waals surface area (Å²) in [6.45, 7) is 3.86. The average molecular weight is 214 g/mol. The summed E-state index contributed by atoms with van der Waals surface area (Å²) >= 11 is 0. The van der Waals surface area contributed by atoms with Gasteiger partial charge in [0.05, 0.1) is 5.69 Å².